The molecule has 2 amide bonds. The van der Waals surface area contributed by atoms with E-state index in [2.05, 4.69) is 52.5 Å². The van der Waals surface area contributed by atoms with E-state index in [9.17, 15) is 9.90 Å². The average molecular weight is 479 g/mol. The number of nitrogens with zero attached hydrogens (tertiary/aromatic N) is 2. The Hall–Kier alpha value is -3.03. The van der Waals surface area contributed by atoms with Crippen LogP contribution in [0.15, 0.2) is 48.5 Å². The highest BCUT2D eigenvalue weighted by atomic mass is 16.5. The molecule has 4 rings (SSSR count). The van der Waals surface area contributed by atoms with Crippen LogP contribution in [0.5, 0.6) is 5.75 Å². The van der Waals surface area contributed by atoms with E-state index in [1.54, 1.807) is 7.11 Å². The van der Waals surface area contributed by atoms with Crippen LogP contribution < -0.4 is 10.1 Å². The van der Waals surface area contributed by atoms with Crippen LogP contribution >= 0.6 is 0 Å². The van der Waals surface area contributed by atoms with E-state index in [0.29, 0.717) is 19.6 Å². The van der Waals surface area contributed by atoms with Gasteiger partial charge in [-0.05, 0) is 43.0 Å². The molecule has 3 N–H and O–H groups in total. The fourth-order valence-electron chi connectivity index (χ4n) is 5.23. The Kier molecular flexibility index (Phi) is 8.31. The lowest BCUT2D eigenvalue weighted by molar-refractivity contribution is 0.0924. The van der Waals surface area contributed by atoms with Crippen molar-refractivity contribution in [3.8, 4) is 5.75 Å². The van der Waals surface area contributed by atoms with Gasteiger partial charge in [0.25, 0.3) is 0 Å². The largest absolute Gasteiger partial charge is 0.497 e. The second-order valence-electron chi connectivity index (χ2n) is 9.27. The molecular weight excluding hydrogens is 440 g/mol. The monoisotopic (exact) mass is 478 g/mol. The first-order valence-electron chi connectivity index (χ1n) is 12.7. The molecule has 0 fully saturated rings. The summed E-state index contributed by atoms with van der Waals surface area (Å²) in [6, 6.07) is 16.4. The van der Waals surface area contributed by atoms with Crippen molar-refractivity contribution in [2.75, 3.05) is 39.9 Å². The number of hydrogen-bond donors (Lipinski definition) is 3. The second-order valence-corrected chi connectivity index (χ2v) is 9.27. The number of amides is 2. The van der Waals surface area contributed by atoms with E-state index in [0.717, 1.165) is 42.9 Å². The van der Waals surface area contributed by atoms with Crippen molar-refractivity contribution in [3.63, 3.8) is 0 Å². The predicted octanol–water partition coefficient (Wildman–Crippen LogP) is 4.64. The van der Waals surface area contributed by atoms with Gasteiger partial charge in [-0.2, -0.15) is 0 Å². The Morgan fingerprint density at radius 2 is 2.03 bits per heavy atom. The maximum absolute atomic E-state index is 12.6. The fourth-order valence-corrected chi connectivity index (χ4v) is 5.23. The van der Waals surface area contributed by atoms with Crippen molar-refractivity contribution in [1.82, 2.24) is 20.1 Å². The summed E-state index contributed by atoms with van der Waals surface area (Å²) < 4.78 is 5.46. The van der Waals surface area contributed by atoms with Gasteiger partial charge in [-0.15, -0.1) is 0 Å². The molecule has 2 aromatic carbocycles. The van der Waals surface area contributed by atoms with E-state index in [1.807, 2.05) is 30.0 Å². The maximum Gasteiger partial charge on any atom is 0.317 e. The normalized spacial score (nSPS) is 17.8. The van der Waals surface area contributed by atoms with Crippen LogP contribution in [0.3, 0.4) is 0 Å². The number of aliphatic hydroxyl groups excluding tert-OH is 1. The van der Waals surface area contributed by atoms with Crippen LogP contribution in [0.1, 0.15) is 55.5 Å². The maximum atomic E-state index is 12.6. The molecule has 1 aliphatic heterocycles. The first kappa shape index (κ1) is 25.1. The molecule has 1 aliphatic rings. The molecule has 2 unspecified atom stereocenters. The molecule has 35 heavy (non-hydrogen) atoms. The highest BCUT2D eigenvalue weighted by Gasteiger charge is 2.36. The quantitative estimate of drug-likeness (QED) is 0.397. The number of carbonyl (C=O) groups is 1. The number of aliphatic hydroxyl groups is 1. The zero-order valence-electron chi connectivity index (χ0n) is 21.1. The Morgan fingerprint density at radius 3 is 2.71 bits per heavy atom. The minimum absolute atomic E-state index is 0.00317. The molecule has 3 aromatic rings. The number of carbonyl (C=O) groups excluding carboxylic acids is 1. The number of ether oxygens (including phenoxy) is 1. The standard InChI is InChI=1S/C28H38N4O3/c1-4-14-29-28(34)31(5-2)15-13-21-18-32(17-20-9-7-6-8-10-20)25(19-33)27-26(21)23-12-11-22(35-3)16-24(23)30-27/h6-12,16,21,25,30,33H,4-5,13-15,17-19H2,1-3H3,(H,29,34). The number of H-pyrrole nitrogens is 1. The Bertz CT molecular complexity index is 1110. The summed E-state index contributed by atoms with van der Waals surface area (Å²) in [4.78, 5) is 20.5. The van der Waals surface area contributed by atoms with Crippen LogP contribution in [-0.4, -0.2) is 65.8 Å². The minimum atomic E-state index is -0.116. The number of rotatable bonds is 10. The summed E-state index contributed by atoms with van der Waals surface area (Å²) in [5, 5.41) is 14.6. The summed E-state index contributed by atoms with van der Waals surface area (Å²) in [6.45, 7) is 7.75. The lowest BCUT2D eigenvalue weighted by atomic mass is 9.85. The summed E-state index contributed by atoms with van der Waals surface area (Å²) in [6.07, 6.45) is 1.77. The fraction of sp³-hybridized carbons (Fsp3) is 0.464. The third-order valence-electron chi connectivity index (χ3n) is 7.06. The third kappa shape index (κ3) is 5.46. The first-order chi connectivity index (χ1) is 17.1. The number of aromatic amines is 1. The highest BCUT2D eigenvalue weighted by Crippen LogP contribution is 2.43. The van der Waals surface area contributed by atoms with Gasteiger partial charge in [0.15, 0.2) is 0 Å². The van der Waals surface area contributed by atoms with Crippen molar-refractivity contribution in [3.05, 3.63) is 65.4 Å². The Labute approximate surface area is 208 Å². The zero-order chi connectivity index (χ0) is 24.8. The van der Waals surface area contributed by atoms with Gasteiger partial charge in [-0.25, -0.2) is 4.79 Å². The van der Waals surface area contributed by atoms with Crippen molar-refractivity contribution < 1.29 is 14.6 Å². The second kappa shape index (κ2) is 11.6. The molecule has 0 radical (unpaired) electrons. The molecule has 0 aliphatic carbocycles. The van der Waals surface area contributed by atoms with Crippen molar-refractivity contribution in [2.45, 2.75) is 45.2 Å². The minimum Gasteiger partial charge on any atom is -0.497 e. The van der Waals surface area contributed by atoms with Gasteiger partial charge in [0.2, 0.25) is 0 Å². The SMILES string of the molecule is CCCNC(=O)N(CC)CCC1CN(Cc2ccccc2)C(CO)c2[nH]c3cc(OC)ccc3c21. The van der Waals surface area contributed by atoms with Gasteiger partial charge in [-0.1, -0.05) is 37.3 Å². The van der Waals surface area contributed by atoms with Crippen LogP contribution in [-0.2, 0) is 6.54 Å². The van der Waals surface area contributed by atoms with E-state index in [-0.39, 0.29) is 24.6 Å². The molecule has 7 nitrogen and oxygen atoms in total. The lowest BCUT2D eigenvalue weighted by Crippen LogP contribution is -2.43. The number of fused-ring (bicyclic) bond motifs is 3. The van der Waals surface area contributed by atoms with Gasteiger partial charge >= 0.3 is 6.03 Å². The topological polar surface area (TPSA) is 80.8 Å². The molecule has 7 heteroatoms. The predicted molar refractivity (Wildman–Crippen MR) is 140 cm³/mol. The van der Waals surface area contributed by atoms with E-state index < -0.39 is 0 Å². The molecule has 0 bridgehead atoms. The molecule has 0 saturated carbocycles. The number of benzene rings is 2. The van der Waals surface area contributed by atoms with Gasteiger partial charge in [0, 0.05) is 61.3 Å². The molecule has 0 saturated heterocycles. The van der Waals surface area contributed by atoms with E-state index in [4.69, 9.17) is 4.74 Å². The van der Waals surface area contributed by atoms with Crippen LogP contribution in [0.4, 0.5) is 4.79 Å². The molecule has 188 valence electrons. The number of urea groups is 1. The molecule has 2 heterocycles. The number of nitrogens with one attached hydrogen (secondary N) is 2. The van der Waals surface area contributed by atoms with E-state index in [1.165, 1.54) is 16.5 Å². The van der Waals surface area contributed by atoms with Gasteiger partial charge in [0.05, 0.1) is 19.8 Å². The van der Waals surface area contributed by atoms with Crippen LogP contribution in [0.2, 0.25) is 0 Å². The summed E-state index contributed by atoms with van der Waals surface area (Å²) in [5.74, 6) is 1.03. The number of hydrogen-bond acceptors (Lipinski definition) is 4. The molecule has 0 spiro atoms. The highest BCUT2D eigenvalue weighted by molar-refractivity contribution is 5.87. The average Bonchev–Trinajstić information content (AvgIpc) is 3.27. The van der Waals surface area contributed by atoms with E-state index >= 15 is 0 Å². The Morgan fingerprint density at radius 1 is 1.23 bits per heavy atom. The zero-order valence-corrected chi connectivity index (χ0v) is 21.1. The van der Waals surface area contributed by atoms with Gasteiger partial charge < -0.3 is 25.0 Å². The van der Waals surface area contributed by atoms with Gasteiger partial charge in [0.1, 0.15) is 5.75 Å². The lowest BCUT2D eigenvalue weighted by Gasteiger charge is -2.39. The third-order valence-corrected chi connectivity index (χ3v) is 7.06. The van der Waals surface area contributed by atoms with Crippen molar-refractivity contribution >= 4 is 16.9 Å². The summed E-state index contributed by atoms with van der Waals surface area (Å²) in [5.41, 5.74) is 4.57. The molecular formula is C28H38N4O3. The molecule has 1 aromatic heterocycles. The summed E-state index contributed by atoms with van der Waals surface area (Å²) >= 11 is 0. The van der Waals surface area contributed by atoms with Crippen molar-refractivity contribution in [2.24, 2.45) is 0 Å². The van der Waals surface area contributed by atoms with Gasteiger partial charge in [-0.3, -0.25) is 4.90 Å². The Balaban J connectivity index is 1.66. The number of aromatic nitrogens is 1. The van der Waals surface area contributed by atoms with Crippen molar-refractivity contribution in [1.29, 1.82) is 0 Å². The van der Waals surface area contributed by atoms with Crippen LogP contribution in [0, 0.1) is 0 Å². The summed E-state index contributed by atoms with van der Waals surface area (Å²) in [7, 11) is 1.67. The smallest absolute Gasteiger partial charge is 0.317 e. The molecule has 2 atom stereocenters. The first-order valence-corrected chi connectivity index (χ1v) is 12.7. The van der Waals surface area contributed by atoms with Crippen LogP contribution in [0.25, 0.3) is 10.9 Å². The number of methoxy groups -OCH3 is 1.